The lowest BCUT2D eigenvalue weighted by atomic mass is 9.71. The Labute approximate surface area is 274 Å². The fourth-order valence-electron chi connectivity index (χ4n) is 7.94. The molecule has 2 bridgehead atoms. The van der Waals surface area contributed by atoms with Crippen molar-refractivity contribution < 1.29 is 38.8 Å². The van der Waals surface area contributed by atoms with Crippen LogP contribution in [-0.2, 0) is 28.6 Å². The lowest BCUT2D eigenvalue weighted by molar-refractivity contribution is -0.313. The van der Waals surface area contributed by atoms with Crippen LogP contribution in [-0.4, -0.2) is 77.5 Å². The van der Waals surface area contributed by atoms with Gasteiger partial charge < -0.3 is 34.0 Å². The van der Waals surface area contributed by atoms with E-state index in [1.54, 1.807) is 20.1 Å². The van der Waals surface area contributed by atoms with Crippen molar-refractivity contribution in [2.24, 2.45) is 28.8 Å². The van der Waals surface area contributed by atoms with Gasteiger partial charge in [-0.25, -0.2) is 0 Å². The maximum absolute atomic E-state index is 14.2. The number of aliphatic hydroxyl groups is 2. The third-order valence-corrected chi connectivity index (χ3v) is 10.1. The first-order valence-corrected chi connectivity index (χ1v) is 16.8. The standard InChI is InChI=1S/C37H53NO8/c1-21(2)14-25(6)33-26(7)31(38-42-8)19-36(46-33)18-29-17-28(45-36)13-12-23(4)15-22(3)10-9-11-27-20-43-34-32(39)24(5)16-30(35(40)44-29)37(27,34)41/h9-12,14,16,21-22,26,28-30,32-34,39,41H,13,15,17-20H2,1-8H3/b10-9+,23-12+,25-14+,27-11?,38-31-/t22-,26-,28+,29-,30-,32+,33?,34+,36-,37+/m0/s1. The van der Waals surface area contributed by atoms with Gasteiger partial charge in [-0.3, -0.25) is 4.79 Å². The van der Waals surface area contributed by atoms with E-state index in [1.807, 2.05) is 12.2 Å². The Morgan fingerprint density at radius 3 is 2.67 bits per heavy atom. The lowest BCUT2D eigenvalue weighted by Crippen LogP contribution is -2.59. The molecular weight excluding hydrogens is 586 g/mol. The predicted octanol–water partition coefficient (Wildman–Crippen LogP) is 5.73. The first kappa shape index (κ1) is 34.8. The second kappa shape index (κ2) is 13.9. The van der Waals surface area contributed by atoms with Crippen LogP contribution >= 0.6 is 0 Å². The van der Waals surface area contributed by atoms with Crippen molar-refractivity contribution in [1.82, 2.24) is 0 Å². The zero-order valence-electron chi connectivity index (χ0n) is 28.7. The summed E-state index contributed by atoms with van der Waals surface area (Å²) in [6.07, 6.45) is 11.4. The van der Waals surface area contributed by atoms with E-state index in [2.05, 4.69) is 64.9 Å². The van der Waals surface area contributed by atoms with E-state index in [0.29, 0.717) is 42.7 Å². The molecule has 1 aliphatic carbocycles. The molecule has 4 heterocycles. The first-order valence-electron chi connectivity index (χ1n) is 16.8. The summed E-state index contributed by atoms with van der Waals surface area (Å²) >= 11 is 0. The molecule has 5 rings (SSSR count). The molecule has 46 heavy (non-hydrogen) atoms. The van der Waals surface area contributed by atoms with Crippen molar-refractivity contribution in [1.29, 1.82) is 0 Å². The van der Waals surface area contributed by atoms with Crippen molar-refractivity contribution in [3.8, 4) is 0 Å². The van der Waals surface area contributed by atoms with Crippen LogP contribution in [0.5, 0.6) is 0 Å². The number of esters is 1. The summed E-state index contributed by atoms with van der Waals surface area (Å²) in [6.45, 7) is 14.6. The quantitative estimate of drug-likeness (QED) is 0.229. The molecule has 1 unspecified atom stereocenters. The molecule has 9 heteroatoms. The minimum Gasteiger partial charge on any atom is -0.462 e. The van der Waals surface area contributed by atoms with Crippen molar-refractivity contribution >= 4 is 11.7 Å². The van der Waals surface area contributed by atoms with Crippen molar-refractivity contribution in [3.63, 3.8) is 0 Å². The van der Waals surface area contributed by atoms with E-state index in [9.17, 15) is 15.0 Å². The number of carbonyl (C=O) groups excluding carboxylic acids is 1. The highest BCUT2D eigenvalue weighted by atomic mass is 16.7. The Balaban J connectivity index is 1.55. The number of nitrogens with zero attached hydrogens (tertiary/aromatic N) is 1. The SMILES string of the molecule is CO/N=C1/C[C@]2(C[C@@H]3C[C@@H](C/C=C(\C)C[C@@H](C)/C=C/C=C4CO[C@@H]5[C@H](O)C(C)=C[C@@H](C(=O)O3)[C@]45O)O2)OC(/C(C)=C/C(C)C)[C@H]1C. The van der Waals surface area contributed by atoms with Gasteiger partial charge in [0.15, 0.2) is 5.79 Å². The van der Waals surface area contributed by atoms with Crippen LogP contribution in [0.25, 0.3) is 0 Å². The number of hydrogen-bond donors (Lipinski definition) is 2. The molecule has 1 spiro atoms. The number of rotatable bonds is 3. The Morgan fingerprint density at radius 2 is 1.96 bits per heavy atom. The molecule has 5 aliphatic rings. The Kier molecular flexibility index (Phi) is 10.5. The van der Waals surface area contributed by atoms with Gasteiger partial charge in [0.2, 0.25) is 0 Å². The number of carbonyl (C=O) groups is 1. The van der Waals surface area contributed by atoms with Gasteiger partial charge in [-0.2, -0.15) is 0 Å². The zero-order valence-corrected chi connectivity index (χ0v) is 28.7. The van der Waals surface area contributed by atoms with Crippen LogP contribution in [0.2, 0.25) is 0 Å². The number of fused-ring (bicyclic) bond motifs is 2. The third-order valence-electron chi connectivity index (χ3n) is 10.1. The molecule has 2 N–H and O–H groups in total. The smallest absolute Gasteiger partial charge is 0.316 e. The minimum absolute atomic E-state index is 0.0340. The summed E-state index contributed by atoms with van der Waals surface area (Å²) in [7, 11) is 1.55. The Hall–Kier alpha value is -2.56. The van der Waals surface area contributed by atoms with Crippen LogP contribution < -0.4 is 0 Å². The number of ether oxygens (including phenoxy) is 4. The van der Waals surface area contributed by atoms with Gasteiger partial charge in [-0.15, -0.1) is 0 Å². The summed E-state index contributed by atoms with van der Waals surface area (Å²) in [5.74, 6) is -2.15. The van der Waals surface area contributed by atoms with Crippen LogP contribution in [0.1, 0.15) is 80.6 Å². The molecule has 3 saturated heterocycles. The molecule has 4 aliphatic heterocycles. The maximum Gasteiger partial charge on any atom is 0.316 e. The zero-order chi connectivity index (χ0) is 33.4. The fraction of sp³-hybridized carbons (Fsp3) is 0.676. The predicted molar refractivity (Wildman–Crippen MR) is 176 cm³/mol. The molecule has 0 saturated carbocycles. The van der Waals surface area contributed by atoms with Gasteiger partial charge in [0, 0.05) is 25.2 Å². The molecule has 10 atom stereocenters. The largest absolute Gasteiger partial charge is 0.462 e. The van der Waals surface area contributed by atoms with Gasteiger partial charge in [0.05, 0.1) is 24.5 Å². The van der Waals surface area contributed by atoms with Crippen molar-refractivity contribution in [2.45, 2.75) is 122 Å². The van der Waals surface area contributed by atoms with Crippen molar-refractivity contribution in [2.75, 3.05) is 13.7 Å². The molecule has 9 nitrogen and oxygen atoms in total. The minimum atomic E-state index is -1.74. The summed E-state index contributed by atoms with van der Waals surface area (Å²) in [6, 6.07) is 0. The Bertz CT molecular complexity index is 1340. The molecule has 0 aromatic rings. The summed E-state index contributed by atoms with van der Waals surface area (Å²) < 4.78 is 26.0. The number of hydrogen-bond acceptors (Lipinski definition) is 9. The maximum atomic E-state index is 14.2. The van der Waals surface area contributed by atoms with Crippen LogP contribution in [0.15, 0.2) is 63.9 Å². The molecule has 0 aromatic heterocycles. The molecule has 254 valence electrons. The van der Waals surface area contributed by atoms with Gasteiger partial charge in [-0.05, 0) is 62.2 Å². The summed E-state index contributed by atoms with van der Waals surface area (Å²) in [5.41, 5.74) is 2.54. The van der Waals surface area contributed by atoms with Crippen molar-refractivity contribution in [3.05, 3.63) is 58.7 Å². The van der Waals surface area contributed by atoms with E-state index in [4.69, 9.17) is 23.8 Å². The van der Waals surface area contributed by atoms with Crippen LogP contribution in [0.4, 0.5) is 0 Å². The van der Waals surface area contributed by atoms with Gasteiger partial charge in [0.1, 0.15) is 36.9 Å². The van der Waals surface area contributed by atoms with Gasteiger partial charge in [0.25, 0.3) is 0 Å². The highest BCUT2D eigenvalue weighted by molar-refractivity contribution is 5.88. The summed E-state index contributed by atoms with van der Waals surface area (Å²) in [5, 5.41) is 27.6. The molecule has 0 radical (unpaired) electrons. The fourth-order valence-corrected chi connectivity index (χ4v) is 7.94. The second-order valence-electron chi connectivity index (χ2n) is 14.5. The second-order valence-corrected chi connectivity index (χ2v) is 14.5. The van der Waals surface area contributed by atoms with E-state index in [0.717, 1.165) is 17.7 Å². The van der Waals surface area contributed by atoms with Crippen LogP contribution in [0.3, 0.4) is 0 Å². The number of allylic oxidation sites excluding steroid dienone is 5. The first-order chi connectivity index (χ1) is 21.8. The normalized spacial score (nSPS) is 43.4. The molecular formula is C37H53NO8. The van der Waals surface area contributed by atoms with E-state index in [-0.39, 0.29) is 30.7 Å². The average Bonchev–Trinajstić information content (AvgIpc) is 3.31. The molecule has 0 amide bonds. The third kappa shape index (κ3) is 6.99. The highest BCUT2D eigenvalue weighted by Crippen LogP contribution is 2.47. The number of aliphatic hydroxyl groups excluding tert-OH is 1. The molecule has 3 fully saturated rings. The topological polar surface area (TPSA) is 116 Å². The monoisotopic (exact) mass is 639 g/mol. The van der Waals surface area contributed by atoms with Crippen LogP contribution in [0, 0.1) is 23.7 Å². The number of oxime groups is 1. The summed E-state index contributed by atoms with van der Waals surface area (Å²) in [4.78, 5) is 19.4. The van der Waals surface area contributed by atoms with E-state index < -0.39 is 41.6 Å². The highest BCUT2D eigenvalue weighted by Gasteiger charge is 2.60. The van der Waals surface area contributed by atoms with Gasteiger partial charge in [-0.1, -0.05) is 74.9 Å². The average molecular weight is 640 g/mol. The lowest BCUT2D eigenvalue weighted by Gasteiger charge is -2.50. The van der Waals surface area contributed by atoms with E-state index in [1.165, 1.54) is 5.57 Å². The molecule has 0 aromatic carbocycles. The van der Waals surface area contributed by atoms with E-state index >= 15 is 0 Å². The van der Waals surface area contributed by atoms with Gasteiger partial charge >= 0.3 is 5.97 Å². The Morgan fingerprint density at radius 1 is 1.20 bits per heavy atom.